The van der Waals surface area contributed by atoms with Crippen molar-refractivity contribution in [2.75, 3.05) is 5.32 Å². The normalized spacial score (nSPS) is 19.6. The Kier molecular flexibility index (Phi) is 3.73. The van der Waals surface area contributed by atoms with Gasteiger partial charge in [0.25, 0.3) is 0 Å². The first kappa shape index (κ1) is 15.1. The van der Waals surface area contributed by atoms with Crippen LogP contribution in [0.4, 0.5) is 5.95 Å². The quantitative estimate of drug-likeness (QED) is 0.764. The summed E-state index contributed by atoms with van der Waals surface area (Å²) in [5.74, 6) is 0.699. The molecule has 5 nitrogen and oxygen atoms in total. The zero-order valence-electron chi connectivity index (χ0n) is 13.6. The minimum atomic E-state index is 0.0834. The summed E-state index contributed by atoms with van der Waals surface area (Å²) in [6.45, 7) is 4.27. The Balaban J connectivity index is 1.72. The van der Waals surface area contributed by atoms with Crippen LogP contribution in [0.3, 0.4) is 0 Å². The predicted molar refractivity (Wildman–Crippen MR) is 94.3 cm³/mol. The highest BCUT2D eigenvalue weighted by molar-refractivity contribution is 6.30. The highest BCUT2D eigenvalue weighted by Crippen LogP contribution is 2.37. The average molecular weight is 340 g/mol. The Bertz CT molecular complexity index is 871. The second-order valence-corrected chi connectivity index (χ2v) is 6.73. The van der Waals surface area contributed by atoms with Crippen molar-refractivity contribution < 1.29 is 0 Å². The monoisotopic (exact) mass is 339 g/mol. The number of fused-ring (bicyclic) bond motifs is 1. The third-order valence-corrected chi connectivity index (χ3v) is 4.99. The van der Waals surface area contributed by atoms with E-state index in [-0.39, 0.29) is 12.1 Å². The number of nitrogens with zero attached hydrogens (tertiary/aromatic N) is 4. The van der Waals surface area contributed by atoms with Crippen LogP contribution >= 0.6 is 11.6 Å². The van der Waals surface area contributed by atoms with E-state index in [9.17, 15) is 0 Å². The van der Waals surface area contributed by atoms with Crippen molar-refractivity contribution in [2.24, 2.45) is 0 Å². The molecule has 0 radical (unpaired) electrons. The standard InChI is InChI=1S/C18H18ClN5/c1-11-3-4-14(9-12(11)2)16-10-17(13-5-7-15(19)8-6-13)24-18(20-16)21-22-23-24/h3-9,16-17H,10H2,1-2H3,(H,20,21,23)/t16-,17-/m1/s1. The van der Waals surface area contributed by atoms with Gasteiger partial charge in [0, 0.05) is 5.02 Å². The van der Waals surface area contributed by atoms with Crippen LogP contribution < -0.4 is 5.32 Å². The van der Waals surface area contributed by atoms with E-state index in [1.54, 1.807) is 0 Å². The molecule has 0 amide bonds. The maximum absolute atomic E-state index is 6.03. The molecule has 2 atom stereocenters. The zero-order valence-corrected chi connectivity index (χ0v) is 14.3. The summed E-state index contributed by atoms with van der Waals surface area (Å²) in [5, 5.41) is 16.3. The molecule has 0 saturated carbocycles. The molecular formula is C18H18ClN5. The Morgan fingerprint density at radius 2 is 1.79 bits per heavy atom. The van der Waals surface area contributed by atoms with Gasteiger partial charge in [0.1, 0.15) is 0 Å². The lowest BCUT2D eigenvalue weighted by Crippen LogP contribution is -2.28. The molecule has 122 valence electrons. The predicted octanol–water partition coefficient (Wildman–Crippen LogP) is 4.09. The molecule has 1 aromatic heterocycles. The molecule has 0 bridgehead atoms. The average Bonchev–Trinajstić information content (AvgIpc) is 3.06. The van der Waals surface area contributed by atoms with Gasteiger partial charge in [-0.1, -0.05) is 47.0 Å². The minimum absolute atomic E-state index is 0.0834. The van der Waals surface area contributed by atoms with E-state index in [0.717, 1.165) is 17.0 Å². The number of nitrogens with one attached hydrogen (secondary N) is 1. The molecule has 1 aliphatic heterocycles. The number of benzene rings is 2. The van der Waals surface area contributed by atoms with E-state index in [1.807, 2.05) is 28.9 Å². The van der Waals surface area contributed by atoms with Crippen molar-refractivity contribution in [3.63, 3.8) is 0 Å². The van der Waals surface area contributed by atoms with Crippen molar-refractivity contribution >= 4 is 17.5 Å². The van der Waals surface area contributed by atoms with Gasteiger partial charge in [0.05, 0.1) is 12.1 Å². The molecule has 2 heterocycles. The van der Waals surface area contributed by atoms with Crippen LogP contribution in [0, 0.1) is 13.8 Å². The molecule has 3 aromatic rings. The number of anilines is 1. The van der Waals surface area contributed by atoms with Gasteiger partial charge in [-0.15, -0.1) is 0 Å². The topological polar surface area (TPSA) is 55.6 Å². The summed E-state index contributed by atoms with van der Waals surface area (Å²) in [4.78, 5) is 0. The zero-order chi connectivity index (χ0) is 16.7. The molecule has 24 heavy (non-hydrogen) atoms. The summed E-state index contributed by atoms with van der Waals surface area (Å²) in [6.07, 6.45) is 0.877. The second-order valence-electron chi connectivity index (χ2n) is 6.29. The van der Waals surface area contributed by atoms with Gasteiger partial charge >= 0.3 is 0 Å². The highest BCUT2D eigenvalue weighted by atomic mass is 35.5. The van der Waals surface area contributed by atoms with Crippen molar-refractivity contribution in [3.05, 3.63) is 69.7 Å². The van der Waals surface area contributed by atoms with Crippen LogP contribution in [-0.2, 0) is 0 Å². The van der Waals surface area contributed by atoms with Gasteiger partial charge in [-0.3, -0.25) is 0 Å². The van der Waals surface area contributed by atoms with Crippen LogP contribution in [-0.4, -0.2) is 20.2 Å². The Labute approximate surface area is 145 Å². The fraction of sp³-hybridized carbons (Fsp3) is 0.278. The van der Waals surface area contributed by atoms with E-state index < -0.39 is 0 Å². The van der Waals surface area contributed by atoms with E-state index in [2.05, 4.69) is 52.9 Å². The number of hydrogen-bond acceptors (Lipinski definition) is 4. The van der Waals surface area contributed by atoms with Gasteiger partial charge in [-0.25, -0.2) is 4.68 Å². The molecule has 1 aliphatic rings. The molecule has 0 unspecified atom stereocenters. The number of tetrazole rings is 1. The van der Waals surface area contributed by atoms with Gasteiger partial charge in [-0.2, -0.15) is 0 Å². The number of rotatable bonds is 2. The number of halogens is 1. The smallest absolute Gasteiger partial charge is 0.243 e. The van der Waals surface area contributed by atoms with E-state index in [1.165, 1.54) is 16.7 Å². The third-order valence-electron chi connectivity index (χ3n) is 4.74. The molecule has 2 aromatic carbocycles. The summed E-state index contributed by atoms with van der Waals surface area (Å²) in [5.41, 5.74) is 5.01. The maximum Gasteiger partial charge on any atom is 0.243 e. The Morgan fingerprint density at radius 1 is 1.04 bits per heavy atom. The Hall–Kier alpha value is -2.40. The molecule has 6 heteroatoms. The van der Waals surface area contributed by atoms with Crippen LogP contribution in [0.15, 0.2) is 42.5 Å². The van der Waals surface area contributed by atoms with Gasteiger partial charge in [0.15, 0.2) is 0 Å². The van der Waals surface area contributed by atoms with Crippen molar-refractivity contribution in [2.45, 2.75) is 32.4 Å². The largest absolute Gasteiger partial charge is 0.346 e. The summed E-state index contributed by atoms with van der Waals surface area (Å²) in [7, 11) is 0. The molecule has 0 saturated heterocycles. The lowest BCUT2D eigenvalue weighted by atomic mass is 9.92. The van der Waals surface area contributed by atoms with Crippen molar-refractivity contribution in [1.29, 1.82) is 0 Å². The first-order valence-corrected chi connectivity index (χ1v) is 8.36. The van der Waals surface area contributed by atoms with Gasteiger partial charge < -0.3 is 5.32 Å². The number of hydrogen-bond donors (Lipinski definition) is 1. The third kappa shape index (κ3) is 2.65. The molecule has 0 spiro atoms. The fourth-order valence-corrected chi connectivity index (χ4v) is 3.33. The van der Waals surface area contributed by atoms with Crippen LogP contribution in [0.5, 0.6) is 0 Å². The van der Waals surface area contributed by atoms with Crippen LogP contribution in [0.2, 0.25) is 5.02 Å². The van der Waals surface area contributed by atoms with Crippen LogP contribution in [0.1, 0.15) is 40.8 Å². The summed E-state index contributed by atoms with van der Waals surface area (Å²) >= 11 is 6.03. The molecular weight excluding hydrogens is 322 g/mol. The van der Waals surface area contributed by atoms with E-state index in [0.29, 0.717) is 5.95 Å². The van der Waals surface area contributed by atoms with Gasteiger partial charge in [-0.05, 0) is 65.1 Å². The molecule has 0 fully saturated rings. The number of aromatic nitrogens is 4. The second kappa shape index (κ2) is 5.91. The molecule has 0 aliphatic carbocycles. The number of aryl methyl sites for hydroxylation is 2. The minimum Gasteiger partial charge on any atom is -0.346 e. The maximum atomic E-state index is 6.03. The van der Waals surface area contributed by atoms with Gasteiger partial charge in [0.2, 0.25) is 5.95 Å². The molecule has 1 N–H and O–H groups in total. The van der Waals surface area contributed by atoms with E-state index in [4.69, 9.17) is 11.6 Å². The Morgan fingerprint density at radius 3 is 2.54 bits per heavy atom. The summed E-state index contributed by atoms with van der Waals surface area (Å²) in [6, 6.07) is 14.7. The first-order valence-electron chi connectivity index (χ1n) is 7.99. The fourth-order valence-electron chi connectivity index (χ4n) is 3.20. The van der Waals surface area contributed by atoms with Crippen LogP contribution in [0.25, 0.3) is 0 Å². The first-order chi connectivity index (χ1) is 11.6. The molecule has 4 rings (SSSR count). The van der Waals surface area contributed by atoms with Crippen molar-refractivity contribution in [1.82, 2.24) is 20.2 Å². The lowest BCUT2D eigenvalue weighted by molar-refractivity contribution is 0.423. The summed E-state index contributed by atoms with van der Waals surface area (Å²) < 4.78 is 1.85. The van der Waals surface area contributed by atoms with Crippen molar-refractivity contribution in [3.8, 4) is 0 Å². The SMILES string of the molecule is Cc1ccc([C@H]2C[C@H](c3ccc(Cl)cc3)n3nnnc3N2)cc1C. The lowest BCUT2D eigenvalue weighted by Gasteiger charge is -2.31. The highest BCUT2D eigenvalue weighted by Gasteiger charge is 2.30. The van der Waals surface area contributed by atoms with E-state index >= 15 is 0 Å².